The van der Waals surface area contributed by atoms with Crippen molar-refractivity contribution in [1.29, 1.82) is 0 Å². The second kappa shape index (κ2) is 18.5. The lowest BCUT2D eigenvalue weighted by Crippen LogP contribution is -2.61. The number of esters is 1. The van der Waals surface area contributed by atoms with Crippen LogP contribution in [-0.4, -0.2) is 59.8 Å². The highest BCUT2D eigenvalue weighted by Gasteiger charge is 2.42. The van der Waals surface area contributed by atoms with Gasteiger partial charge in [-0.05, 0) is 45.9 Å². The van der Waals surface area contributed by atoms with Gasteiger partial charge < -0.3 is 29.5 Å². The van der Waals surface area contributed by atoms with Gasteiger partial charge in [0.05, 0.1) is 20.3 Å². The van der Waals surface area contributed by atoms with Crippen molar-refractivity contribution in [2.45, 2.75) is 44.9 Å². The van der Waals surface area contributed by atoms with Crippen LogP contribution in [0.2, 0.25) is 0 Å². The zero-order chi connectivity index (χ0) is 37.6. The number of nitrogens with zero attached hydrogens (tertiary/aromatic N) is 1. The number of amides is 2. The van der Waals surface area contributed by atoms with Crippen molar-refractivity contribution in [3.05, 3.63) is 156 Å². The Bertz CT molecular complexity index is 1920. The number of carbonyl (C=O) groups is 3. The van der Waals surface area contributed by atoms with Crippen LogP contribution in [0.25, 0.3) is 11.1 Å². The zero-order valence-electron chi connectivity index (χ0n) is 30.3. The predicted octanol–water partition coefficient (Wildman–Crippen LogP) is 7.83. The van der Waals surface area contributed by atoms with Gasteiger partial charge in [0, 0.05) is 19.4 Å². The second-order valence-electron chi connectivity index (χ2n) is 13.4. The highest BCUT2D eigenvalue weighted by atomic mass is 16.6. The molecule has 9 nitrogen and oxygen atoms in total. The number of aliphatic carboxylic acids is 1. The van der Waals surface area contributed by atoms with E-state index in [1.54, 1.807) is 24.3 Å². The number of urea groups is 1. The van der Waals surface area contributed by atoms with Crippen LogP contribution in [0, 0.1) is 5.92 Å². The fourth-order valence-corrected chi connectivity index (χ4v) is 6.10. The Morgan fingerprint density at radius 3 is 1.74 bits per heavy atom. The Kier molecular flexibility index (Phi) is 13.4. The van der Waals surface area contributed by atoms with Crippen LogP contribution in [-0.2, 0) is 33.8 Å². The summed E-state index contributed by atoms with van der Waals surface area (Å²) >= 11 is 0. The van der Waals surface area contributed by atoms with Crippen LogP contribution in [0.4, 0.5) is 4.79 Å². The summed E-state index contributed by atoms with van der Waals surface area (Å²) in [7, 11) is 1.48. The molecule has 0 aromatic heterocycles. The second-order valence-corrected chi connectivity index (χ2v) is 13.4. The summed E-state index contributed by atoms with van der Waals surface area (Å²) in [6.45, 7) is 3.98. The maximum atomic E-state index is 14.4. The number of carboxylic acids is 1. The van der Waals surface area contributed by atoms with E-state index in [4.69, 9.17) is 14.2 Å². The van der Waals surface area contributed by atoms with Crippen LogP contribution in [0.3, 0.4) is 0 Å². The van der Waals surface area contributed by atoms with Crippen molar-refractivity contribution >= 4 is 18.0 Å². The number of carbonyl (C=O) groups excluding carboxylic acids is 2. The first kappa shape index (κ1) is 38.3. The van der Waals surface area contributed by atoms with Gasteiger partial charge >= 0.3 is 18.0 Å². The molecule has 0 spiro atoms. The molecule has 5 aromatic rings. The van der Waals surface area contributed by atoms with E-state index in [0.717, 1.165) is 27.8 Å². The topological polar surface area (TPSA) is 114 Å². The molecule has 5 rings (SSSR count). The summed E-state index contributed by atoms with van der Waals surface area (Å²) in [6.07, 6.45) is -1.19. The fraction of sp³-hybridized carbons (Fsp3) is 0.250. The lowest BCUT2D eigenvalue weighted by molar-refractivity contribution is -0.149. The van der Waals surface area contributed by atoms with Crippen LogP contribution in [0.1, 0.15) is 30.5 Å². The highest BCUT2D eigenvalue weighted by Crippen LogP contribution is 2.28. The predicted molar refractivity (Wildman–Crippen MR) is 205 cm³/mol. The summed E-state index contributed by atoms with van der Waals surface area (Å²) in [5.41, 5.74) is 2.61. The molecule has 9 heteroatoms. The molecule has 0 saturated heterocycles. The number of hydrogen-bond donors (Lipinski definition) is 2. The maximum Gasteiger partial charge on any atom is 0.342 e. The Labute approximate surface area is 311 Å². The molecular formula is C44H46N2O7. The lowest BCUT2D eigenvalue weighted by atomic mass is 9.84. The Hall–Kier alpha value is -5.93. The van der Waals surface area contributed by atoms with E-state index < -0.39 is 29.6 Å². The zero-order valence-corrected chi connectivity index (χ0v) is 30.3. The molecule has 0 aliphatic heterocycles. The monoisotopic (exact) mass is 714 g/mol. The van der Waals surface area contributed by atoms with Crippen molar-refractivity contribution in [3.63, 3.8) is 0 Å². The standard InChI is InChI=1S/C44H46N2O7/c1-32(2)29-46(30-40(52-31-35-17-9-5-10-18-35)41(47)53-39-22-14-13-21-38(39)51-3)43(50)45-44(42(48)49,27-33-15-7-4-8-16-33)28-34-23-25-37(26-24-34)36-19-11-6-12-20-36/h4-26,32,40H,27-31H2,1-3H3,(H,45,50)(H,48,49)/t40?,44-/m0/s1. The minimum Gasteiger partial charge on any atom is -0.493 e. The molecule has 0 aliphatic carbocycles. The van der Waals surface area contributed by atoms with E-state index in [-0.39, 0.29) is 44.2 Å². The molecule has 2 amide bonds. The van der Waals surface area contributed by atoms with Gasteiger partial charge in [0.1, 0.15) is 5.54 Å². The first-order valence-corrected chi connectivity index (χ1v) is 17.6. The number of para-hydroxylation sites is 2. The third kappa shape index (κ3) is 10.8. The first-order chi connectivity index (χ1) is 25.7. The summed E-state index contributed by atoms with van der Waals surface area (Å²) in [5.74, 6) is -1.36. The van der Waals surface area contributed by atoms with Crippen LogP contribution < -0.4 is 14.8 Å². The van der Waals surface area contributed by atoms with Crippen molar-refractivity contribution in [2.75, 3.05) is 20.2 Å². The number of ether oxygens (including phenoxy) is 3. The minimum atomic E-state index is -1.74. The van der Waals surface area contributed by atoms with E-state index in [1.807, 2.05) is 129 Å². The van der Waals surface area contributed by atoms with Gasteiger partial charge in [0.15, 0.2) is 17.6 Å². The molecule has 0 aliphatic rings. The number of methoxy groups -OCH3 is 1. The normalized spacial score (nSPS) is 12.7. The molecule has 5 aromatic carbocycles. The van der Waals surface area contributed by atoms with Gasteiger partial charge in [-0.3, -0.25) is 0 Å². The van der Waals surface area contributed by atoms with Crippen molar-refractivity contribution < 1.29 is 33.7 Å². The van der Waals surface area contributed by atoms with Crippen LogP contribution in [0.15, 0.2) is 140 Å². The molecule has 53 heavy (non-hydrogen) atoms. The molecule has 1 unspecified atom stereocenters. The summed E-state index contributed by atoms with van der Waals surface area (Å²) < 4.78 is 17.3. The molecular weight excluding hydrogens is 668 g/mol. The maximum absolute atomic E-state index is 14.4. The van der Waals surface area contributed by atoms with Crippen molar-refractivity contribution in [1.82, 2.24) is 10.2 Å². The van der Waals surface area contributed by atoms with Gasteiger partial charge in [-0.2, -0.15) is 0 Å². The van der Waals surface area contributed by atoms with Crippen molar-refractivity contribution in [3.8, 4) is 22.6 Å². The van der Waals surface area contributed by atoms with Crippen LogP contribution in [0.5, 0.6) is 11.5 Å². The van der Waals surface area contributed by atoms with E-state index >= 15 is 0 Å². The summed E-state index contributed by atoms with van der Waals surface area (Å²) in [4.78, 5) is 43.1. The quantitative estimate of drug-likeness (QED) is 0.0746. The van der Waals surface area contributed by atoms with Gasteiger partial charge in [-0.15, -0.1) is 0 Å². The molecule has 0 heterocycles. The van der Waals surface area contributed by atoms with Gasteiger partial charge in [-0.25, -0.2) is 14.4 Å². The largest absolute Gasteiger partial charge is 0.493 e. The van der Waals surface area contributed by atoms with E-state index in [9.17, 15) is 19.5 Å². The Morgan fingerprint density at radius 1 is 0.660 bits per heavy atom. The SMILES string of the molecule is COc1ccccc1OC(=O)C(CN(CC(C)C)C(=O)N[C@@](Cc1ccccc1)(Cc1ccc(-c2ccccc2)cc1)C(=O)O)OCc1ccccc1. The molecule has 2 atom stereocenters. The Morgan fingerprint density at radius 2 is 1.17 bits per heavy atom. The molecule has 0 radical (unpaired) electrons. The number of rotatable bonds is 17. The highest BCUT2D eigenvalue weighted by molar-refractivity contribution is 5.87. The lowest BCUT2D eigenvalue weighted by Gasteiger charge is -2.35. The van der Waals surface area contributed by atoms with E-state index in [0.29, 0.717) is 5.75 Å². The molecule has 0 fully saturated rings. The molecule has 274 valence electrons. The fourth-order valence-electron chi connectivity index (χ4n) is 6.10. The third-order valence-corrected chi connectivity index (χ3v) is 8.77. The minimum absolute atomic E-state index is 0.0112. The van der Waals surface area contributed by atoms with Gasteiger partial charge in [-0.1, -0.05) is 141 Å². The smallest absolute Gasteiger partial charge is 0.342 e. The number of benzene rings is 5. The molecule has 2 N–H and O–H groups in total. The summed E-state index contributed by atoms with van der Waals surface area (Å²) in [5, 5.41) is 13.9. The van der Waals surface area contributed by atoms with E-state index in [1.165, 1.54) is 12.0 Å². The summed E-state index contributed by atoms with van der Waals surface area (Å²) in [6, 6.07) is 42.3. The molecule has 0 bridgehead atoms. The first-order valence-electron chi connectivity index (χ1n) is 17.6. The average molecular weight is 715 g/mol. The van der Waals surface area contributed by atoms with Gasteiger partial charge in [0.25, 0.3) is 0 Å². The van der Waals surface area contributed by atoms with Crippen molar-refractivity contribution in [2.24, 2.45) is 5.92 Å². The number of nitrogens with one attached hydrogen (secondary N) is 1. The number of hydrogen-bond acceptors (Lipinski definition) is 6. The number of carboxylic acid groups (broad SMARTS) is 1. The molecule has 0 saturated carbocycles. The average Bonchev–Trinajstić information content (AvgIpc) is 3.17. The third-order valence-electron chi connectivity index (χ3n) is 8.77. The van der Waals surface area contributed by atoms with Gasteiger partial charge in [0.2, 0.25) is 0 Å². The van der Waals surface area contributed by atoms with Crippen LogP contribution >= 0.6 is 0 Å². The Balaban J connectivity index is 1.45. The van der Waals surface area contributed by atoms with E-state index in [2.05, 4.69) is 5.32 Å².